The lowest BCUT2D eigenvalue weighted by Crippen LogP contribution is -2.57. The Bertz CT molecular complexity index is 2710. The van der Waals surface area contributed by atoms with Gasteiger partial charge in [0.25, 0.3) is 11.8 Å². The molecule has 6 atom stereocenters. The molecular weight excluding hydrogens is 1100 g/mol. The number of likely N-dealkylation sites (N-methyl/N-ethyl adjacent to an activating group) is 4. The van der Waals surface area contributed by atoms with Crippen LogP contribution in [-0.4, -0.2) is 222 Å². The minimum absolute atomic E-state index is 0.0598. The Hall–Kier alpha value is -5.94. The Balaban J connectivity index is 1.36. The average molecular weight is 1160 g/mol. The van der Waals surface area contributed by atoms with Gasteiger partial charge in [0.05, 0.1) is 24.1 Å². The number of hydrogen-bond acceptors (Lipinski definition) is 20. The maximum atomic E-state index is 14.7. The zero-order valence-corrected chi connectivity index (χ0v) is 46.9. The van der Waals surface area contributed by atoms with E-state index in [1.807, 2.05) is 0 Å². The molecular formula is C48H56N10O12S6. The third-order valence-electron chi connectivity index (χ3n) is 12.3. The largest absolute Gasteiger partial charge is 0.505 e. The van der Waals surface area contributed by atoms with Gasteiger partial charge in [-0.1, -0.05) is 81.5 Å². The molecule has 6 N–H and O–H groups in total. The van der Waals surface area contributed by atoms with Crippen LogP contribution in [0.3, 0.4) is 0 Å². The summed E-state index contributed by atoms with van der Waals surface area (Å²) in [5, 5.41) is 31.6. The number of carbonyl (C=O) groups is 10. The van der Waals surface area contributed by atoms with Gasteiger partial charge >= 0.3 is 0 Å². The second-order valence-electron chi connectivity index (χ2n) is 17.3. The number of benzene rings is 2. The summed E-state index contributed by atoms with van der Waals surface area (Å²) in [6, 6.07) is 8.07. The highest BCUT2D eigenvalue weighted by Gasteiger charge is 2.39. The Labute approximate surface area is 462 Å². The smallest absolute Gasteiger partial charge is 0.274 e. The summed E-state index contributed by atoms with van der Waals surface area (Å²) in [4.78, 5) is 155. The van der Waals surface area contributed by atoms with E-state index in [1.165, 1.54) is 73.6 Å². The second-order valence-corrected chi connectivity index (χ2v) is 23.7. The molecule has 2 fully saturated rings. The van der Waals surface area contributed by atoms with E-state index in [9.17, 15) is 58.2 Å². The standard InChI is InChI=1S/C48H56N10O12S6/c1-55-31-23-75-76-24-32(46(68)58(4)34(22-72-6)48(70)74-19-29(41(63)49-17-37(55)61)53-43(65)39-35(59)15-25-11-7-9-13-27(25)51-39)56(2)38(62)18-50-42(64)30(20-73-47(69)33(21-71-5)57(3)45(31)67)54-44(66)40-36(60)16-26-12-8-10-14-28(26)52-40/h7-16,29-34,59-60H,17-24H2,1-6H3,(H,49,63)(H,50,64)(H,53,65)(H,54,66)/t29-,30-,31-,32-,33-,34+/m1/s1. The van der Waals surface area contributed by atoms with Gasteiger partial charge in [-0.2, -0.15) is 23.5 Å². The Kier molecular flexibility index (Phi) is 21.4. The van der Waals surface area contributed by atoms with Crippen molar-refractivity contribution in [1.82, 2.24) is 50.8 Å². The van der Waals surface area contributed by atoms with E-state index in [0.29, 0.717) is 45.3 Å². The number of thioether (sulfide) groups is 4. The topological polar surface area (TPSA) is 298 Å². The molecule has 8 amide bonds. The molecule has 4 heterocycles. The molecule has 2 aromatic heterocycles. The molecule has 4 aromatic rings. The van der Waals surface area contributed by atoms with Crippen LogP contribution in [0.4, 0.5) is 0 Å². The van der Waals surface area contributed by atoms with Crippen molar-refractivity contribution < 1.29 is 58.2 Å². The van der Waals surface area contributed by atoms with E-state index in [4.69, 9.17) is 0 Å². The first-order chi connectivity index (χ1) is 36.2. The van der Waals surface area contributed by atoms with Crippen LogP contribution in [-0.2, 0) is 38.4 Å². The van der Waals surface area contributed by atoms with Crippen LogP contribution in [0.5, 0.6) is 11.5 Å². The van der Waals surface area contributed by atoms with E-state index < -0.39 is 141 Å². The predicted molar refractivity (Wildman–Crippen MR) is 298 cm³/mol. The highest BCUT2D eigenvalue weighted by Crippen LogP contribution is 2.30. The average Bonchev–Trinajstić information content (AvgIpc) is 3.41. The number of nitrogens with one attached hydrogen (secondary N) is 4. The molecule has 0 unspecified atom stereocenters. The van der Waals surface area contributed by atoms with Crippen LogP contribution < -0.4 is 21.3 Å². The molecule has 2 aliphatic rings. The van der Waals surface area contributed by atoms with Crippen molar-refractivity contribution in [1.29, 1.82) is 0 Å². The Morgan fingerprint density at radius 1 is 0.592 bits per heavy atom. The number of aromatic nitrogens is 2. The summed E-state index contributed by atoms with van der Waals surface area (Å²) in [5.74, 6) is -8.66. The molecule has 22 nitrogen and oxygen atoms in total. The van der Waals surface area contributed by atoms with Gasteiger partial charge in [-0.15, -0.1) is 0 Å². The summed E-state index contributed by atoms with van der Waals surface area (Å²) in [5.41, 5.74) is -0.102. The fourth-order valence-corrected chi connectivity index (χ4v) is 13.9. The van der Waals surface area contributed by atoms with E-state index in [-0.39, 0.29) is 23.0 Å². The Morgan fingerprint density at radius 2 is 0.961 bits per heavy atom. The summed E-state index contributed by atoms with van der Waals surface area (Å²) < 4.78 is 0. The third-order valence-corrected chi connectivity index (χ3v) is 18.1. The van der Waals surface area contributed by atoms with E-state index >= 15 is 0 Å². The lowest BCUT2D eigenvalue weighted by Gasteiger charge is -2.35. The van der Waals surface area contributed by atoms with Crippen molar-refractivity contribution in [3.63, 3.8) is 0 Å². The van der Waals surface area contributed by atoms with Crippen LogP contribution >= 0.6 is 68.6 Å². The molecule has 0 spiro atoms. The van der Waals surface area contributed by atoms with E-state index in [2.05, 4.69) is 31.2 Å². The first-order valence-corrected chi connectivity index (χ1v) is 30.5. The van der Waals surface area contributed by atoms with Crippen molar-refractivity contribution in [2.75, 3.05) is 88.3 Å². The van der Waals surface area contributed by atoms with Crippen LogP contribution in [0, 0.1) is 0 Å². The zero-order chi connectivity index (χ0) is 55.4. The minimum atomic E-state index is -1.53. The molecule has 76 heavy (non-hydrogen) atoms. The molecule has 6 rings (SSSR count). The normalized spacial score (nSPS) is 22.8. The highest BCUT2D eigenvalue weighted by molar-refractivity contribution is 8.76. The van der Waals surface area contributed by atoms with Gasteiger partial charge in [-0.25, -0.2) is 9.97 Å². The number of rotatable bonds is 8. The van der Waals surface area contributed by atoms with Crippen molar-refractivity contribution in [3.05, 3.63) is 72.1 Å². The lowest BCUT2D eigenvalue weighted by molar-refractivity contribution is -0.144. The van der Waals surface area contributed by atoms with Crippen LogP contribution in [0.1, 0.15) is 21.0 Å². The Morgan fingerprint density at radius 3 is 1.33 bits per heavy atom. The monoisotopic (exact) mass is 1160 g/mol. The van der Waals surface area contributed by atoms with Crippen molar-refractivity contribution in [2.45, 2.75) is 36.3 Å². The number of para-hydroxylation sites is 2. The maximum Gasteiger partial charge on any atom is 0.274 e. The van der Waals surface area contributed by atoms with Gasteiger partial charge in [-0.3, -0.25) is 47.9 Å². The summed E-state index contributed by atoms with van der Waals surface area (Å²) in [7, 11) is 7.60. The molecule has 2 aliphatic heterocycles. The predicted octanol–water partition coefficient (Wildman–Crippen LogP) is 1.29. The lowest BCUT2D eigenvalue weighted by atomic mass is 10.1. The van der Waals surface area contributed by atoms with Gasteiger partial charge in [0, 0.05) is 73.5 Å². The minimum Gasteiger partial charge on any atom is -0.505 e. The first kappa shape index (κ1) is 59.3. The van der Waals surface area contributed by atoms with Gasteiger partial charge in [-0.05, 0) is 36.8 Å². The van der Waals surface area contributed by atoms with Gasteiger partial charge < -0.3 is 51.1 Å². The molecule has 2 aromatic carbocycles. The zero-order valence-electron chi connectivity index (χ0n) is 42.0. The fourth-order valence-electron chi connectivity index (χ4n) is 7.75. The van der Waals surface area contributed by atoms with Crippen molar-refractivity contribution in [2.24, 2.45) is 0 Å². The molecule has 2 bridgehead atoms. The number of aromatic hydroxyl groups is 2. The maximum absolute atomic E-state index is 14.7. The number of hydrogen-bond donors (Lipinski definition) is 6. The van der Waals surface area contributed by atoms with Crippen LogP contribution in [0.25, 0.3) is 21.8 Å². The van der Waals surface area contributed by atoms with Crippen LogP contribution in [0.15, 0.2) is 60.7 Å². The summed E-state index contributed by atoms with van der Waals surface area (Å²) >= 11 is 3.71. The molecule has 0 radical (unpaired) electrons. The molecule has 406 valence electrons. The number of nitrogens with zero attached hydrogens (tertiary/aromatic N) is 6. The number of carbonyl (C=O) groups excluding carboxylic acids is 10. The SMILES string of the molecule is CSC[C@@H]1C(=O)SC[C@@H](NC(=O)c2nc3ccccc3cc2O)C(=O)NCC(=O)N(C)[C@@H]2CSSC[C@H](C(=O)N1C)N(C)C(=O)CNC(=O)[C@H](NC(=O)c1nc3ccccc3cc1O)CSC(=O)[C@H](CSC)N(C)C2=O. The number of amides is 8. The third kappa shape index (κ3) is 14.5. The van der Waals surface area contributed by atoms with Gasteiger partial charge in [0.15, 0.2) is 11.4 Å². The molecule has 2 saturated heterocycles. The molecule has 28 heteroatoms. The summed E-state index contributed by atoms with van der Waals surface area (Å²) in [6.07, 6.45) is 3.42. The van der Waals surface area contributed by atoms with Gasteiger partial charge in [0.1, 0.15) is 47.8 Å². The van der Waals surface area contributed by atoms with Crippen LogP contribution in [0.2, 0.25) is 0 Å². The van der Waals surface area contributed by atoms with Crippen molar-refractivity contribution >= 4 is 148 Å². The molecule has 0 aliphatic carbocycles. The number of fused-ring (bicyclic) bond motifs is 7. The second kappa shape index (κ2) is 27.4. The van der Waals surface area contributed by atoms with Gasteiger partial charge in [0.2, 0.25) is 45.7 Å². The van der Waals surface area contributed by atoms with Crippen molar-refractivity contribution in [3.8, 4) is 11.5 Å². The first-order valence-electron chi connectivity index (χ1n) is 23.2. The van der Waals surface area contributed by atoms with E-state index in [1.54, 1.807) is 61.0 Å². The fraction of sp³-hybridized carbons (Fsp3) is 0.417. The quantitative estimate of drug-likeness (QED) is 0.136. The van der Waals surface area contributed by atoms with E-state index in [0.717, 1.165) is 31.4 Å². The highest BCUT2D eigenvalue weighted by atomic mass is 33.1. The summed E-state index contributed by atoms with van der Waals surface area (Å²) in [6.45, 7) is -1.39. The molecule has 0 saturated carbocycles. The number of pyridine rings is 2.